The van der Waals surface area contributed by atoms with Crippen LogP contribution in [0, 0.1) is 0 Å². The maximum absolute atomic E-state index is 11.8. The minimum absolute atomic E-state index is 0.138. The van der Waals surface area contributed by atoms with Gasteiger partial charge in [-0.2, -0.15) is 13.2 Å². The Balaban J connectivity index is 2.45. The van der Waals surface area contributed by atoms with E-state index in [1.54, 1.807) is 5.32 Å². The lowest BCUT2D eigenvalue weighted by molar-refractivity contribution is -0.139. The second-order valence-electron chi connectivity index (χ2n) is 3.37. The summed E-state index contributed by atoms with van der Waals surface area (Å²) in [6.07, 6.45) is -4.45. The molecule has 8 heteroatoms. The van der Waals surface area contributed by atoms with E-state index in [1.165, 1.54) is 18.2 Å². The zero-order chi connectivity index (χ0) is 13.8. The van der Waals surface area contributed by atoms with Crippen LogP contribution in [0.15, 0.2) is 18.2 Å². The van der Waals surface area contributed by atoms with Crippen LogP contribution in [0.2, 0.25) is 5.02 Å². The molecule has 1 rings (SSSR count). The van der Waals surface area contributed by atoms with Crippen molar-refractivity contribution in [2.45, 2.75) is 6.18 Å². The van der Waals surface area contributed by atoms with Gasteiger partial charge in [-0.3, -0.25) is 4.79 Å². The van der Waals surface area contributed by atoms with E-state index in [2.05, 4.69) is 0 Å². The minimum Gasteiger partial charge on any atom is -0.482 e. The summed E-state index contributed by atoms with van der Waals surface area (Å²) < 4.78 is 40.4. The van der Waals surface area contributed by atoms with Crippen LogP contribution in [0.3, 0.4) is 0 Å². The fourth-order valence-corrected chi connectivity index (χ4v) is 1.20. The molecule has 0 heterocycles. The van der Waals surface area contributed by atoms with E-state index in [1.807, 2.05) is 0 Å². The number of nitrogen functional groups attached to an aromatic ring is 1. The van der Waals surface area contributed by atoms with E-state index in [0.29, 0.717) is 5.69 Å². The van der Waals surface area contributed by atoms with Crippen molar-refractivity contribution in [2.75, 3.05) is 18.9 Å². The fourth-order valence-electron chi connectivity index (χ4n) is 1.02. The van der Waals surface area contributed by atoms with Gasteiger partial charge in [-0.05, 0) is 12.1 Å². The SMILES string of the molecule is Nc1ccc(Cl)c(OCC(=O)NCC(F)(F)F)c1. The normalized spacial score (nSPS) is 11.1. The fraction of sp³-hybridized carbons (Fsp3) is 0.300. The number of alkyl halides is 3. The van der Waals surface area contributed by atoms with Crippen molar-refractivity contribution in [1.82, 2.24) is 5.32 Å². The van der Waals surface area contributed by atoms with Gasteiger partial charge in [0.2, 0.25) is 0 Å². The number of anilines is 1. The standard InChI is InChI=1S/C10H10ClF3N2O2/c11-7-2-1-6(15)3-8(7)18-4-9(17)16-5-10(12,13)14/h1-3H,4-5,15H2,(H,16,17). The number of hydrogen-bond acceptors (Lipinski definition) is 3. The topological polar surface area (TPSA) is 64.3 Å². The van der Waals surface area contributed by atoms with Gasteiger partial charge >= 0.3 is 6.18 Å². The summed E-state index contributed by atoms with van der Waals surface area (Å²) in [5, 5.41) is 1.88. The van der Waals surface area contributed by atoms with Gasteiger partial charge in [0.1, 0.15) is 12.3 Å². The summed E-state index contributed by atoms with van der Waals surface area (Å²) in [6, 6.07) is 4.36. The molecular formula is C10H10ClF3N2O2. The Bertz CT molecular complexity index is 438. The van der Waals surface area contributed by atoms with Gasteiger partial charge in [0, 0.05) is 11.8 Å². The maximum Gasteiger partial charge on any atom is 0.405 e. The Labute approximate surface area is 106 Å². The summed E-state index contributed by atoms with van der Waals surface area (Å²) in [5.74, 6) is -0.760. The molecule has 18 heavy (non-hydrogen) atoms. The van der Waals surface area contributed by atoms with Gasteiger partial charge in [-0.1, -0.05) is 11.6 Å². The van der Waals surface area contributed by atoms with Crippen molar-refractivity contribution < 1.29 is 22.7 Å². The van der Waals surface area contributed by atoms with Gasteiger partial charge in [0.05, 0.1) is 5.02 Å². The molecule has 0 saturated carbocycles. The van der Waals surface area contributed by atoms with Gasteiger partial charge in [0.25, 0.3) is 5.91 Å². The van der Waals surface area contributed by atoms with Crippen molar-refractivity contribution in [1.29, 1.82) is 0 Å². The Kier molecular flexibility index (Phi) is 4.66. The first-order valence-electron chi connectivity index (χ1n) is 4.79. The number of amides is 1. The van der Waals surface area contributed by atoms with Crippen LogP contribution >= 0.6 is 11.6 Å². The quantitative estimate of drug-likeness (QED) is 0.830. The minimum atomic E-state index is -4.45. The molecule has 0 atom stereocenters. The highest BCUT2D eigenvalue weighted by Crippen LogP contribution is 2.26. The third-order valence-corrected chi connectivity index (χ3v) is 2.11. The molecule has 1 amide bonds. The molecule has 0 saturated heterocycles. The number of nitrogens with two attached hydrogens (primary N) is 1. The van der Waals surface area contributed by atoms with Gasteiger partial charge in [-0.15, -0.1) is 0 Å². The molecule has 1 aromatic rings. The summed E-state index contributed by atoms with van der Waals surface area (Å²) in [6.45, 7) is -1.97. The molecule has 0 unspecified atom stereocenters. The van der Waals surface area contributed by atoms with E-state index < -0.39 is 25.2 Å². The number of rotatable bonds is 4. The first-order valence-corrected chi connectivity index (χ1v) is 5.17. The molecule has 0 aromatic heterocycles. The summed E-state index contributed by atoms with van der Waals surface area (Å²) in [5.41, 5.74) is 5.83. The second kappa shape index (κ2) is 5.81. The summed E-state index contributed by atoms with van der Waals surface area (Å²) in [7, 11) is 0. The van der Waals surface area contributed by atoms with Crippen molar-refractivity contribution in [3.05, 3.63) is 23.2 Å². The van der Waals surface area contributed by atoms with Crippen molar-refractivity contribution >= 4 is 23.2 Å². The van der Waals surface area contributed by atoms with E-state index in [0.717, 1.165) is 0 Å². The average Bonchev–Trinajstić information content (AvgIpc) is 2.26. The first kappa shape index (κ1) is 14.4. The molecule has 3 N–H and O–H groups in total. The van der Waals surface area contributed by atoms with Crippen LogP contribution in [0.1, 0.15) is 0 Å². The highest BCUT2D eigenvalue weighted by atomic mass is 35.5. The first-order chi connectivity index (χ1) is 8.28. The molecule has 0 aliphatic heterocycles. The number of nitrogens with one attached hydrogen (secondary N) is 1. The van der Waals surface area contributed by atoms with E-state index in [-0.39, 0.29) is 10.8 Å². The van der Waals surface area contributed by atoms with Crippen molar-refractivity contribution in [3.63, 3.8) is 0 Å². The van der Waals surface area contributed by atoms with Crippen molar-refractivity contribution in [3.8, 4) is 5.75 Å². The average molecular weight is 283 g/mol. The third kappa shape index (κ3) is 5.13. The van der Waals surface area contributed by atoms with Crippen LogP contribution in [-0.4, -0.2) is 25.2 Å². The smallest absolute Gasteiger partial charge is 0.405 e. The lowest BCUT2D eigenvalue weighted by Crippen LogP contribution is -2.36. The summed E-state index contributed by atoms with van der Waals surface area (Å²) in [4.78, 5) is 11.0. The molecular weight excluding hydrogens is 273 g/mol. The van der Waals surface area contributed by atoms with E-state index in [9.17, 15) is 18.0 Å². The van der Waals surface area contributed by atoms with Crippen LogP contribution in [0.25, 0.3) is 0 Å². The number of halogens is 4. The van der Waals surface area contributed by atoms with Crippen molar-refractivity contribution in [2.24, 2.45) is 0 Å². The molecule has 0 aliphatic carbocycles. The lowest BCUT2D eigenvalue weighted by atomic mass is 10.3. The van der Waals surface area contributed by atoms with Gasteiger partial charge < -0.3 is 15.8 Å². The van der Waals surface area contributed by atoms with Gasteiger partial charge in [-0.25, -0.2) is 0 Å². The monoisotopic (exact) mass is 282 g/mol. The highest BCUT2D eigenvalue weighted by Gasteiger charge is 2.27. The lowest BCUT2D eigenvalue weighted by Gasteiger charge is -2.10. The third-order valence-electron chi connectivity index (χ3n) is 1.80. The van der Waals surface area contributed by atoms with Crippen LogP contribution < -0.4 is 15.8 Å². The number of ether oxygens (including phenoxy) is 1. The molecule has 0 spiro atoms. The summed E-state index contributed by atoms with van der Waals surface area (Å²) >= 11 is 5.74. The molecule has 0 aliphatic rings. The Morgan fingerprint density at radius 2 is 2.11 bits per heavy atom. The molecule has 4 nitrogen and oxygen atoms in total. The largest absolute Gasteiger partial charge is 0.482 e. The number of benzene rings is 1. The predicted molar refractivity (Wildman–Crippen MR) is 60.4 cm³/mol. The van der Waals surface area contributed by atoms with Crippen LogP contribution in [-0.2, 0) is 4.79 Å². The van der Waals surface area contributed by atoms with Gasteiger partial charge in [0.15, 0.2) is 6.61 Å². The van der Waals surface area contributed by atoms with Crippen LogP contribution in [0.4, 0.5) is 18.9 Å². The highest BCUT2D eigenvalue weighted by molar-refractivity contribution is 6.32. The number of carbonyl (C=O) groups is 1. The Morgan fingerprint density at radius 3 is 2.72 bits per heavy atom. The number of carbonyl (C=O) groups excluding carboxylic acids is 1. The predicted octanol–water partition coefficient (Wildman–Crippen LogP) is 1.98. The molecule has 0 bridgehead atoms. The maximum atomic E-state index is 11.8. The Hall–Kier alpha value is -1.63. The Morgan fingerprint density at radius 1 is 1.44 bits per heavy atom. The zero-order valence-electron chi connectivity index (χ0n) is 9.05. The van der Waals surface area contributed by atoms with E-state index >= 15 is 0 Å². The second-order valence-corrected chi connectivity index (χ2v) is 3.78. The van der Waals surface area contributed by atoms with Crippen LogP contribution in [0.5, 0.6) is 5.75 Å². The number of hydrogen-bond donors (Lipinski definition) is 2. The van der Waals surface area contributed by atoms with E-state index in [4.69, 9.17) is 22.1 Å². The zero-order valence-corrected chi connectivity index (χ0v) is 9.81. The molecule has 0 fully saturated rings. The molecule has 100 valence electrons. The molecule has 1 aromatic carbocycles. The molecule has 0 radical (unpaired) electrons.